The van der Waals surface area contributed by atoms with Gasteiger partial charge in [-0.15, -0.1) is 0 Å². The Balaban J connectivity index is 2.55. The second-order valence-electron chi connectivity index (χ2n) is 3.99. The van der Waals surface area contributed by atoms with Crippen LogP contribution in [-0.4, -0.2) is 11.1 Å². The molecule has 2 atom stereocenters. The van der Waals surface area contributed by atoms with Crippen LogP contribution in [0, 0.1) is 11.3 Å². The van der Waals surface area contributed by atoms with Gasteiger partial charge in [-0.2, -0.15) is 5.26 Å². The summed E-state index contributed by atoms with van der Waals surface area (Å²) >= 11 is 0. The topological polar surface area (TPSA) is 70.0 Å². The molecule has 1 aliphatic carbocycles. The molecule has 3 N–H and O–H groups in total. The van der Waals surface area contributed by atoms with Gasteiger partial charge in [0.15, 0.2) is 0 Å². The van der Waals surface area contributed by atoms with Gasteiger partial charge in [0.2, 0.25) is 0 Å². The molecule has 78 valence electrons. The first kappa shape index (κ1) is 10.2. The van der Waals surface area contributed by atoms with E-state index in [4.69, 9.17) is 11.0 Å². The summed E-state index contributed by atoms with van der Waals surface area (Å²) in [5.74, 6) is 0. The van der Waals surface area contributed by atoms with Gasteiger partial charge in [0.25, 0.3) is 0 Å². The lowest BCUT2D eigenvalue weighted by molar-refractivity contribution is 0.144. The van der Waals surface area contributed by atoms with Gasteiger partial charge in [-0.1, -0.05) is 12.1 Å². The van der Waals surface area contributed by atoms with E-state index in [-0.39, 0.29) is 6.04 Å². The second-order valence-corrected chi connectivity index (χ2v) is 3.99. The predicted octanol–water partition coefficient (Wildman–Crippen LogP) is 1.26. The maximum atomic E-state index is 10.0. The number of hydrogen-bond donors (Lipinski definition) is 2. The molecule has 0 bridgehead atoms. The Bertz CT molecular complexity index is 409. The van der Waals surface area contributed by atoms with Crippen molar-refractivity contribution in [3.8, 4) is 6.07 Å². The molecular weight excluding hydrogens is 188 g/mol. The smallest absolute Gasteiger partial charge is 0.0995 e. The van der Waals surface area contributed by atoms with Gasteiger partial charge in [-0.05, 0) is 30.9 Å². The number of rotatable bonds is 0. The molecule has 3 heteroatoms. The van der Waals surface area contributed by atoms with Gasteiger partial charge >= 0.3 is 0 Å². The number of hydrogen-bond acceptors (Lipinski definition) is 3. The van der Waals surface area contributed by atoms with Crippen LogP contribution in [0.2, 0.25) is 0 Å². The first-order valence-corrected chi connectivity index (χ1v) is 5.19. The highest BCUT2D eigenvalue weighted by molar-refractivity contribution is 5.45. The number of aliphatic hydroxyl groups is 1. The van der Waals surface area contributed by atoms with Crippen molar-refractivity contribution in [3.05, 3.63) is 34.9 Å². The van der Waals surface area contributed by atoms with Crippen molar-refractivity contribution in [2.24, 2.45) is 5.73 Å². The molecule has 0 radical (unpaired) electrons. The van der Waals surface area contributed by atoms with Gasteiger partial charge in [-0.3, -0.25) is 0 Å². The summed E-state index contributed by atoms with van der Waals surface area (Å²) in [7, 11) is 0. The standard InChI is InChI=1S/C12H14N2O/c13-7-9-5-1-3-8-4-2-6-10(14)12(15)11(8)9/h1,3,5,10,12,15H,2,4,6,14H2/t10-,12-/m1/s1. The Hall–Kier alpha value is -1.37. The van der Waals surface area contributed by atoms with E-state index in [2.05, 4.69) is 6.07 Å². The Kier molecular flexibility index (Phi) is 2.72. The van der Waals surface area contributed by atoms with E-state index >= 15 is 0 Å². The molecule has 1 aromatic rings. The Labute approximate surface area is 89.1 Å². The summed E-state index contributed by atoms with van der Waals surface area (Å²) in [6, 6.07) is 7.44. The molecule has 2 rings (SSSR count). The lowest BCUT2D eigenvalue weighted by Gasteiger charge is -2.18. The lowest BCUT2D eigenvalue weighted by atomic mass is 9.94. The summed E-state index contributed by atoms with van der Waals surface area (Å²) < 4.78 is 0. The average molecular weight is 202 g/mol. The molecule has 0 heterocycles. The Morgan fingerprint density at radius 1 is 1.47 bits per heavy atom. The predicted molar refractivity (Wildman–Crippen MR) is 57.0 cm³/mol. The average Bonchev–Trinajstić information content (AvgIpc) is 2.40. The van der Waals surface area contributed by atoms with Crippen molar-refractivity contribution in [3.63, 3.8) is 0 Å². The van der Waals surface area contributed by atoms with Gasteiger partial charge in [0.1, 0.15) is 0 Å². The van der Waals surface area contributed by atoms with Gasteiger partial charge in [0.05, 0.1) is 17.7 Å². The molecule has 1 aliphatic rings. The lowest BCUT2D eigenvalue weighted by Crippen LogP contribution is -2.27. The van der Waals surface area contributed by atoms with E-state index in [1.165, 1.54) is 0 Å². The Morgan fingerprint density at radius 3 is 3.00 bits per heavy atom. The van der Waals surface area contributed by atoms with Crippen LogP contribution in [0.1, 0.15) is 35.6 Å². The van der Waals surface area contributed by atoms with E-state index in [1.54, 1.807) is 6.07 Å². The highest BCUT2D eigenvalue weighted by Crippen LogP contribution is 2.30. The van der Waals surface area contributed by atoms with Gasteiger partial charge in [0, 0.05) is 11.6 Å². The van der Waals surface area contributed by atoms with Crippen LogP contribution < -0.4 is 5.73 Å². The first-order chi connectivity index (χ1) is 7.24. The third-order valence-corrected chi connectivity index (χ3v) is 3.00. The molecule has 0 saturated heterocycles. The minimum Gasteiger partial charge on any atom is -0.387 e. The fraction of sp³-hybridized carbons (Fsp3) is 0.417. The molecule has 0 saturated carbocycles. The number of aliphatic hydroxyl groups excluding tert-OH is 1. The first-order valence-electron chi connectivity index (χ1n) is 5.19. The third kappa shape index (κ3) is 1.74. The van der Waals surface area contributed by atoms with E-state index in [0.717, 1.165) is 30.4 Å². The van der Waals surface area contributed by atoms with Crippen LogP contribution >= 0.6 is 0 Å². The van der Waals surface area contributed by atoms with Crippen molar-refractivity contribution >= 4 is 0 Å². The fourth-order valence-electron chi connectivity index (χ4n) is 2.18. The van der Waals surface area contributed by atoms with E-state index in [0.29, 0.717) is 5.56 Å². The van der Waals surface area contributed by atoms with E-state index in [9.17, 15) is 5.11 Å². The van der Waals surface area contributed by atoms with E-state index < -0.39 is 6.10 Å². The number of nitrogens with two attached hydrogens (primary N) is 1. The van der Waals surface area contributed by atoms with Crippen molar-refractivity contribution in [1.29, 1.82) is 5.26 Å². The van der Waals surface area contributed by atoms with E-state index in [1.807, 2.05) is 12.1 Å². The van der Waals surface area contributed by atoms with Crippen LogP contribution in [0.3, 0.4) is 0 Å². The highest BCUT2D eigenvalue weighted by Gasteiger charge is 2.25. The zero-order chi connectivity index (χ0) is 10.8. The quantitative estimate of drug-likeness (QED) is 0.622. The summed E-state index contributed by atoms with van der Waals surface area (Å²) in [5, 5.41) is 19.0. The van der Waals surface area contributed by atoms with Crippen molar-refractivity contribution < 1.29 is 5.11 Å². The maximum Gasteiger partial charge on any atom is 0.0995 e. The van der Waals surface area contributed by atoms with Gasteiger partial charge in [-0.25, -0.2) is 0 Å². The SMILES string of the molecule is N#Cc1cccc2c1[C@H](O)[C@H](N)CCC2. The summed E-state index contributed by atoms with van der Waals surface area (Å²) in [6.07, 6.45) is 1.98. The highest BCUT2D eigenvalue weighted by atomic mass is 16.3. The molecule has 0 amide bonds. The monoisotopic (exact) mass is 202 g/mol. The van der Waals surface area contributed by atoms with Gasteiger partial charge < -0.3 is 10.8 Å². The summed E-state index contributed by atoms with van der Waals surface area (Å²) in [4.78, 5) is 0. The molecule has 0 spiro atoms. The van der Waals surface area contributed by atoms with Crippen molar-refractivity contribution in [2.45, 2.75) is 31.4 Å². The fourth-order valence-corrected chi connectivity index (χ4v) is 2.18. The molecule has 3 nitrogen and oxygen atoms in total. The number of nitrogens with zero attached hydrogens (tertiary/aromatic N) is 1. The van der Waals surface area contributed by atoms with Crippen LogP contribution in [0.5, 0.6) is 0 Å². The largest absolute Gasteiger partial charge is 0.387 e. The molecule has 0 aliphatic heterocycles. The second kappa shape index (κ2) is 4.01. The molecular formula is C12H14N2O. The van der Waals surface area contributed by atoms with Crippen LogP contribution in [0.25, 0.3) is 0 Å². The molecule has 15 heavy (non-hydrogen) atoms. The minimum atomic E-state index is -0.696. The van der Waals surface area contributed by atoms with Crippen molar-refractivity contribution in [2.75, 3.05) is 0 Å². The zero-order valence-electron chi connectivity index (χ0n) is 8.48. The van der Waals surface area contributed by atoms with Crippen LogP contribution in [0.4, 0.5) is 0 Å². The number of aryl methyl sites for hydroxylation is 1. The molecule has 0 unspecified atom stereocenters. The molecule has 1 aromatic carbocycles. The summed E-state index contributed by atoms with van der Waals surface area (Å²) in [6.45, 7) is 0. The van der Waals surface area contributed by atoms with Crippen molar-refractivity contribution in [1.82, 2.24) is 0 Å². The zero-order valence-corrected chi connectivity index (χ0v) is 8.48. The number of benzene rings is 1. The van der Waals surface area contributed by atoms with Crippen LogP contribution in [-0.2, 0) is 6.42 Å². The Morgan fingerprint density at radius 2 is 2.27 bits per heavy atom. The maximum absolute atomic E-state index is 10.0. The minimum absolute atomic E-state index is 0.249. The molecule has 0 fully saturated rings. The number of fused-ring (bicyclic) bond motifs is 1. The number of nitriles is 1. The summed E-state index contributed by atoms with van der Waals surface area (Å²) in [5.41, 5.74) is 8.22. The van der Waals surface area contributed by atoms with Crippen LogP contribution in [0.15, 0.2) is 18.2 Å². The molecule has 0 aromatic heterocycles. The normalized spacial score (nSPS) is 25.1. The third-order valence-electron chi connectivity index (χ3n) is 3.00.